The van der Waals surface area contributed by atoms with Crippen LogP contribution in [0, 0.1) is 0 Å². The topological polar surface area (TPSA) is 41.1 Å². The van der Waals surface area contributed by atoms with Crippen LogP contribution in [-0.2, 0) is 4.79 Å². The number of nitrogens with one attached hydrogen (secondary N) is 2. The molecule has 0 aliphatic carbocycles. The third-order valence-corrected chi connectivity index (χ3v) is 2.95. The molecular formula is C10H19F3N2OS. The summed E-state index contributed by atoms with van der Waals surface area (Å²) in [7, 11) is 0. The van der Waals surface area contributed by atoms with E-state index < -0.39 is 11.6 Å². The number of carbonyl (C=O) groups excluding carboxylic acids is 1. The Kier molecular flexibility index (Phi) is 7.61. The molecule has 0 aliphatic rings. The fourth-order valence-electron chi connectivity index (χ4n) is 1.00. The van der Waals surface area contributed by atoms with E-state index in [9.17, 15) is 18.0 Å². The molecule has 0 rings (SSSR count). The van der Waals surface area contributed by atoms with Crippen LogP contribution < -0.4 is 10.6 Å². The smallest absolute Gasteiger partial charge is 0.352 e. The molecule has 2 atom stereocenters. The van der Waals surface area contributed by atoms with Gasteiger partial charge in [0.15, 0.2) is 0 Å². The van der Waals surface area contributed by atoms with Gasteiger partial charge in [0.1, 0.15) is 0 Å². The van der Waals surface area contributed by atoms with Crippen LogP contribution in [0.4, 0.5) is 13.2 Å². The lowest BCUT2D eigenvalue weighted by atomic mass is 10.2. The molecule has 0 spiro atoms. The molecule has 3 nitrogen and oxygen atoms in total. The summed E-state index contributed by atoms with van der Waals surface area (Å²) in [5.74, 6) is -0.277. The summed E-state index contributed by atoms with van der Waals surface area (Å²) in [6.45, 7) is 5.61. The van der Waals surface area contributed by atoms with Gasteiger partial charge in [0.25, 0.3) is 0 Å². The number of rotatable bonds is 7. The summed E-state index contributed by atoms with van der Waals surface area (Å²) >= 11 is -0.0885. The number of halogens is 3. The summed E-state index contributed by atoms with van der Waals surface area (Å²) in [5, 5.41) is 5.51. The number of thioether (sulfide) groups is 1. The Bertz CT molecular complexity index is 236. The fraction of sp³-hybridized carbons (Fsp3) is 0.900. The van der Waals surface area contributed by atoms with Crippen molar-refractivity contribution in [1.29, 1.82) is 0 Å². The minimum absolute atomic E-state index is 0.0799. The molecule has 0 saturated carbocycles. The zero-order chi connectivity index (χ0) is 13.5. The average Bonchev–Trinajstić information content (AvgIpc) is 2.22. The van der Waals surface area contributed by atoms with E-state index in [2.05, 4.69) is 10.6 Å². The van der Waals surface area contributed by atoms with Crippen LogP contribution in [0.5, 0.6) is 0 Å². The van der Waals surface area contributed by atoms with Crippen LogP contribution in [0.3, 0.4) is 0 Å². The summed E-state index contributed by atoms with van der Waals surface area (Å²) in [6.07, 6.45) is 0.822. The van der Waals surface area contributed by atoms with Crippen molar-refractivity contribution >= 4 is 17.7 Å². The van der Waals surface area contributed by atoms with Gasteiger partial charge in [0, 0.05) is 18.3 Å². The molecule has 1 amide bonds. The van der Waals surface area contributed by atoms with Gasteiger partial charge in [-0.3, -0.25) is 4.79 Å². The third kappa shape index (κ3) is 9.29. The molecule has 0 fully saturated rings. The molecule has 0 heterocycles. The van der Waals surface area contributed by atoms with Gasteiger partial charge in [-0.25, -0.2) is 0 Å². The highest BCUT2D eigenvalue weighted by atomic mass is 32.2. The van der Waals surface area contributed by atoms with E-state index in [1.165, 1.54) is 0 Å². The van der Waals surface area contributed by atoms with Crippen LogP contribution >= 0.6 is 11.8 Å². The Morgan fingerprint density at radius 3 is 2.41 bits per heavy atom. The van der Waals surface area contributed by atoms with E-state index >= 15 is 0 Å². The summed E-state index contributed by atoms with van der Waals surface area (Å²) in [4.78, 5) is 11.5. The first-order valence-corrected chi connectivity index (χ1v) is 6.49. The second-order valence-corrected chi connectivity index (χ2v) is 4.95. The molecule has 2 N–H and O–H groups in total. The molecular weight excluding hydrogens is 253 g/mol. The van der Waals surface area contributed by atoms with Gasteiger partial charge < -0.3 is 10.6 Å². The van der Waals surface area contributed by atoms with Crippen molar-refractivity contribution in [1.82, 2.24) is 10.6 Å². The first kappa shape index (κ1) is 16.6. The molecule has 0 radical (unpaired) electrons. The third-order valence-electron chi connectivity index (χ3n) is 2.21. The quantitative estimate of drug-likeness (QED) is 0.698. The zero-order valence-corrected chi connectivity index (χ0v) is 11.0. The Labute approximate surface area is 104 Å². The molecule has 2 unspecified atom stereocenters. The maximum absolute atomic E-state index is 11.8. The molecule has 7 heteroatoms. The van der Waals surface area contributed by atoms with E-state index in [0.717, 1.165) is 6.42 Å². The van der Waals surface area contributed by atoms with E-state index in [1.54, 1.807) is 6.92 Å². The summed E-state index contributed by atoms with van der Waals surface area (Å²) in [6, 6.07) is -0.394. The highest BCUT2D eigenvalue weighted by molar-refractivity contribution is 8.00. The molecule has 0 aliphatic heterocycles. The van der Waals surface area contributed by atoms with E-state index in [0.29, 0.717) is 0 Å². The van der Waals surface area contributed by atoms with E-state index in [-0.39, 0.29) is 36.0 Å². The van der Waals surface area contributed by atoms with Crippen LogP contribution in [0.25, 0.3) is 0 Å². The largest absolute Gasteiger partial charge is 0.441 e. The predicted molar refractivity (Wildman–Crippen MR) is 63.9 cm³/mol. The Morgan fingerprint density at radius 1 is 1.35 bits per heavy atom. The number of alkyl halides is 3. The number of hydrogen-bond acceptors (Lipinski definition) is 3. The first-order valence-electron chi connectivity index (χ1n) is 5.50. The summed E-state index contributed by atoms with van der Waals surface area (Å²) < 4.78 is 35.4. The van der Waals surface area contributed by atoms with Gasteiger partial charge in [-0.2, -0.15) is 13.2 Å². The second-order valence-electron chi connectivity index (χ2n) is 3.79. The maximum Gasteiger partial charge on any atom is 0.441 e. The van der Waals surface area contributed by atoms with Crippen molar-refractivity contribution in [3.63, 3.8) is 0 Å². The Hall–Kier alpha value is -0.430. The Balaban J connectivity index is 3.71. The van der Waals surface area contributed by atoms with Crippen molar-refractivity contribution in [2.75, 3.05) is 12.3 Å². The van der Waals surface area contributed by atoms with Gasteiger partial charge in [-0.15, -0.1) is 0 Å². The first-order chi connectivity index (χ1) is 7.76. The molecule has 0 aromatic carbocycles. The van der Waals surface area contributed by atoms with Crippen LogP contribution in [-0.4, -0.2) is 35.8 Å². The normalized spacial score (nSPS) is 15.4. The zero-order valence-electron chi connectivity index (χ0n) is 10.2. The standard InChI is InChI=1S/C10H19F3N2OS/c1-4-7(2)15-9(16)8(3)14-5-6-17-10(11,12)13/h7-8,14H,4-6H2,1-3H3,(H,15,16). The SMILES string of the molecule is CCC(C)NC(=O)C(C)NCCSC(F)(F)F. The molecule has 17 heavy (non-hydrogen) atoms. The monoisotopic (exact) mass is 272 g/mol. The second kappa shape index (κ2) is 7.81. The van der Waals surface area contributed by atoms with Gasteiger partial charge in [-0.1, -0.05) is 6.92 Å². The van der Waals surface area contributed by atoms with Crippen molar-refractivity contribution < 1.29 is 18.0 Å². The highest BCUT2D eigenvalue weighted by Crippen LogP contribution is 2.29. The van der Waals surface area contributed by atoms with Gasteiger partial charge in [0.05, 0.1) is 6.04 Å². The van der Waals surface area contributed by atoms with Crippen molar-refractivity contribution in [2.24, 2.45) is 0 Å². The van der Waals surface area contributed by atoms with Crippen molar-refractivity contribution in [2.45, 2.75) is 44.8 Å². The lowest BCUT2D eigenvalue weighted by molar-refractivity contribution is -0.123. The lowest BCUT2D eigenvalue weighted by Gasteiger charge is -2.17. The van der Waals surface area contributed by atoms with E-state index in [4.69, 9.17) is 0 Å². The van der Waals surface area contributed by atoms with Gasteiger partial charge >= 0.3 is 5.51 Å². The molecule has 0 bridgehead atoms. The highest BCUT2D eigenvalue weighted by Gasteiger charge is 2.27. The maximum atomic E-state index is 11.8. The van der Waals surface area contributed by atoms with Gasteiger partial charge in [-0.05, 0) is 32.0 Å². The number of amides is 1. The van der Waals surface area contributed by atoms with E-state index in [1.807, 2.05) is 13.8 Å². The predicted octanol–water partition coefficient (Wildman–Crippen LogP) is 2.13. The summed E-state index contributed by atoms with van der Waals surface area (Å²) in [5.41, 5.74) is -4.20. The van der Waals surface area contributed by atoms with Crippen molar-refractivity contribution in [3.05, 3.63) is 0 Å². The molecule has 0 aromatic heterocycles. The minimum atomic E-state index is -4.20. The van der Waals surface area contributed by atoms with Crippen LogP contribution in [0.2, 0.25) is 0 Å². The minimum Gasteiger partial charge on any atom is -0.352 e. The Morgan fingerprint density at radius 2 is 1.94 bits per heavy atom. The van der Waals surface area contributed by atoms with Crippen molar-refractivity contribution in [3.8, 4) is 0 Å². The lowest BCUT2D eigenvalue weighted by Crippen LogP contribution is -2.45. The number of hydrogen-bond donors (Lipinski definition) is 2. The average molecular weight is 272 g/mol. The number of carbonyl (C=O) groups is 1. The molecule has 0 aromatic rings. The molecule has 102 valence electrons. The van der Waals surface area contributed by atoms with Crippen LogP contribution in [0.1, 0.15) is 27.2 Å². The van der Waals surface area contributed by atoms with Crippen LogP contribution in [0.15, 0.2) is 0 Å². The molecule has 0 saturated heterocycles. The van der Waals surface area contributed by atoms with Gasteiger partial charge in [0.2, 0.25) is 5.91 Å². The fourth-order valence-corrected chi connectivity index (χ4v) is 1.46.